The molecule has 1 saturated heterocycles. The molecule has 0 spiro atoms. The van der Waals surface area contributed by atoms with Gasteiger partial charge in [-0.2, -0.15) is 5.10 Å². The molecule has 1 aromatic rings. The minimum Gasteiger partial charge on any atom is -0.371 e. The van der Waals surface area contributed by atoms with E-state index in [1.165, 1.54) is 11.0 Å². The third kappa shape index (κ3) is 1.61. The highest BCUT2D eigenvalue weighted by Gasteiger charge is 2.24. The smallest absolute Gasteiger partial charge is 0.326 e. The van der Waals surface area contributed by atoms with E-state index in [-0.39, 0.29) is 6.10 Å². The second-order valence-corrected chi connectivity index (χ2v) is 3.12. The van der Waals surface area contributed by atoms with Crippen molar-refractivity contribution in [3.05, 3.63) is 11.1 Å². The number of aromatic nitrogens is 3. The third-order valence-electron chi connectivity index (χ3n) is 1.75. The highest BCUT2D eigenvalue weighted by Crippen LogP contribution is 2.11. The summed E-state index contributed by atoms with van der Waals surface area (Å²) in [6, 6.07) is -0.618. The fraction of sp³-hybridized carbons (Fsp3) is 0.500. The van der Waals surface area contributed by atoms with Gasteiger partial charge in [-0.15, -0.1) is 0 Å². The quantitative estimate of drug-likeness (QED) is 0.527. The number of amides is 1. The monoisotopic (exact) mass is 200 g/mol. The number of nitrogens with two attached hydrogens (primary N) is 1. The van der Waals surface area contributed by atoms with E-state index in [2.05, 4.69) is 5.10 Å². The Morgan fingerprint density at radius 1 is 1.92 bits per heavy atom. The summed E-state index contributed by atoms with van der Waals surface area (Å²) in [6.45, 7) is 1.31. The van der Waals surface area contributed by atoms with Crippen LogP contribution in [0.25, 0.3) is 0 Å². The van der Waals surface area contributed by atoms with Gasteiger partial charge in [0.05, 0.1) is 13.2 Å². The standard InChI is InChI=1S/C6H8N4O2S/c7-5(11)9-3-8-10(6(9)13)1-4-2-12-4/h3-4H,1-2H2,(H2,7,11). The molecule has 1 aliphatic heterocycles. The lowest BCUT2D eigenvalue weighted by Gasteiger charge is -1.95. The summed E-state index contributed by atoms with van der Waals surface area (Å²) in [5, 5.41) is 3.91. The molecule has 2 rings (SSSR count). The minimum absolute atomic E-state index is 0.183. The van der Waals surface area contributed by atoms with Crippen LogP contribution in [0.3, 0.4) is 0 Å². The normalized spacial score (nSPS) is 20.2. The Morgan fingerprint density at radius 3 is 3.08 bits per heavy atom. The fourth-order valence-corrected chi connectivity index (χ4v) is 1.24. The number of carbonyl (C=O) groups excluding carboxylic acids is 1. The Labute approximate surface area is 78.9 Å². The number of carbonyl (C=O) groups is 1. The van der Waals surface area contributed by atoms with Crippen molar-refractivity contribution in [2.24, 2.45) is 5.73 Å². The second kappa shape index (κ2) is 2.93. The molecule has 0 aliphatic carbocycles. The van der Waals surface area contributed by atoms with Crippen molar-refractivity contribution in [1.29, 1.82) is 0 Å². The number of hydrogen-bond acceptors (Lipinski definition) is 4. The number of ether oxygens (including phenoxy) is 1. The van der Waals surface area contributed by atoms with Gasteiger partial charge in [0.2, 0.25) is 4.77 Å². The maximum Gasteiger partial charge on any atom is 0.326 e. The van der Waals surface area contributed by atoms with Gasteiger partial charge >= 0.3 is 6.03 Å². The molecule has 0 saturated carbocycles. The van der Waals surface area contributed by atoms with Gasteiger partial charge in [0, 0.05) is 0 Å². The summed E-state index contributed by atoms with van der Waals surface area (Å²) in [5.74, 6) is 0. The highest BCUT2D eigenvalue weighted by molar-refractivity contribution is 7.71. The van der Waals surface area contributed by atoms with Crippen molar-refractivity contribution in [2.45, 2.75) is 12.6 Å². The third-order valence-corrected chi connectivity index (χ3v) is 2.16. The molecule has 6 nitrogen and oxygen atoms in total. The van der Waals surface area contributed by atoms with E-state index >= 15 is 0 Å². The van der Waals surface area contributed by atoms with Crippen LogP contribution in [0.5, 0.6) is 0 Å². The average molecular weight is 200 g/mol. The first-order valence-corrected chi connectivity index (χ1v) is 4.15. The molecule has 0 bridgehead atoms. The largest absolute Gasteiger partial charge is 0.371 e. The number of epoxide rings is 1. The van der Waals surface area contributed by atoms with E-state index in [4.69, 9.17) is 22.7 Å². The van der Waals surface area contributed by atoms with Gasteiger partial charge in [0.25, 0.3) is 0 Å². The first-order valence-electron chi connectivity index (χ1n) is 3.74. The number of primary amides is 1. The van der Waals surface area contributed by atoms with Gasteiger partial charge in [-0.1, -0.05) is 0 Å². The maximum absolute atomic E-state index is 10.8. The highest BCUT2D eigenvalue weighted by atomic mass is 32.1. The van der Waals surface area contributed by atoms with Crippen LogP contribution >= 0.6 is 12.2 Å². The molecule has 1 unspecified atom stereocenters. The molecule has 1 atom stereocenters. The molecule has 70 valence electrons. The van der Waals surface area contributed by atoms with Crippen LogP contribution in [0.4, 0.5) is 4.79 Å². The van der Waals surface area contributed by atoms with E-state index in [1.54, 1.807) is 0 Å². The number of nitrogens with zero attached hydrogens (tertiary/aromatic N) is 3. The average Bonchev–Trinajstić information content (AvgIpc) is 2.78. The molecule has 13 heavy (non-hydrogen) atoms. The SMILES string of the molecule is NC(=O)n1cnn(CC2CO2)c1=S. The van der Waals surface area contributed by atoms with E-state index in [0.29, 0.717) is 11.3 Å². The van der Waals surface area contributed by atoms with Crippen molar-refractivity contribution < 1.29 is 9.53 Å². The lowest BCUT2D eigenvalue weighted by atomic mass is 10.5. The lowest BCUT2D eigenvalue weighted by molar-refractivity contribution is 0.250. The lowest BCUT2D eigenvalue weighted by Crippen LogP contribution is -2.19. The first-order chi connectivity index (χ1) is 6.18. The van der Waals surface area contributed by atoms with Crippen LogP contribution < -0.4 is 5.73 Å². The van der Waals surface area contributed by atoms with Gasteiger partial charge in [0.1, 0.15) is 12.4 Å². The van der Waals surface area contributed by atoms with Gasteiger partial charge in [-0.25, -0.2) is 14.0 Å². The van der Waals surface area contributed by atoms with Crippen molar-refractivity contribution in [3.8, 4) is 0 Å². The molecule has 7 heteroatoms. The molecule has 0 radical (unpaired) electrons. The predicted octanol–water partition coefficient (Wildman–Crippen LogP) is -0.260. The molecular weight excluding hydrogens is 192 g/mol. The molecule has 2 heterocycles. The molecule has 2 N–H and O–H groups in total. The van der Waals surface area contributed by atoms with Gasteiger partial charge < -0.3 is 10.5 Å². The Morgan fingerprint density at radius 2 is 2.62 bits per heavy atom. The first kappa shape index (κ1) is 8.39. The Bertz CT molecular complexity index is 392. The summed E-state index contributed by atoms with van der Waals surface area (Å²) in [6.07, 6.45) is 1.50. The van der Waals surface area contributed by atoms with Crippen LogP contribution in [0.15, 0.2) is 6.33 Å². The Hall–Kier alpha value is -1.21. The summed E-state index contributed by atoms with van der Waals surface area (Å²) < 4.78 is 7.96. The number of rotatable bonds is 2. The van der Waals surface area contributed by atoms with Crippen LogP contribution in [0, 0.1) is 4.77 Å². The van der Waals surface area contributed by atoms with Crippen LogP contribution in [0.1, 0.15) is 0 Å². The predicted molar refractivity (Wildman–Crippen MR) is 45.8 cm³/mol. The Balaban J connectivity index is 2.26. The zero-order valence-corrected chi connectivity index (χ0v) is 7.53. The van der Waals surface area contributed by atoms with E-state index < -0.39 is 6.03 Å². The molecule has 0 aromatic carbocycles. The van der Waals surface area contributed by atoms with Gasteiger partial charge in [-0.3, -0.25) is 0 Å². The van der Waals surface area contributed by atoms with Gasteiger partial charge in [0.15, 0.2) is 0 Å². The van der Waals surface area contributed by atoms with Crippen molar-refractivity contribution in [2.75, 3.05) is 6.61 Å². The number of hydrogen-bond donors (Lipinski definition) is 1. The molecule has 1 aliphatic rings. The van der Waals surface area contributed by atoms with Crippen molar-refractivity contribution >= 4 is 18.2 Å². The summed E-state index contributed by atoms with van der Waals surface area (Å²) in [4.78, 5) is 10.8. The minimum atomic E-state index is -0.618. The summed E-state index contributed by atoms with van der Waals surface area (Å²) >= 11 is 4.95. The molecule has 1 amide bonds. The molecule has 1 fully saturated rings. The van der Waals surface area contributed by atoms with E-state index in [1.807, 2.05) is 0 Å². The maximum atomic E-state index is 10.8. The van der Waals surface area contributed by atoms with E-state index in [0.717, 1.165) is 11.2 Å². The van der Waals surface area contributed by atoms with Gasteiger partial charge in [-0.05, 0) is 12.2 Å². The van der Waals surface area contributed by atoms with Crippen LogP contribution in [0.2, 0.25) is 0 Å². The fourth-order valence-electron chi connectivity index (χ4n) is 0.980. The zero-order chi connectivity index (χ0) is 9.42. The summed E-state index contributed by atoms with van der Waals surface area (Å²) in [5.41, 5.74) is 5.05. The molecular formula is C6H8N4O2S. The second-order valence-electron chi connectivity index (χ2n) is 2.76. The topological polar surface area (TPSA) is 78.4 Å². The van der Waals surface area contributed by atoms with Crippen molar-refractivity contribution in [3.63, 3.8) is 0 Å². The molecule has 1 aromatic heterocycles. The van der Waals surface area contributed by atoms with Crippen LogP contribution in [-0.2, 0) is 11.3 Å². The zero-order valence-electron chi connectivity index (χ0n) is 6.71. The van der Waals surface area contributed by atoms with Crippen LogP contribution in [-0.4, -0.2) is 33.1 Å². The van der Waals surface area contributed by atoms with Crippen molar-refractivity contribution in [1.82, 2.24) is 14.3 Å². The van der Waals surface area contributed by atoms with E-state index in [9.17, 15) is 4.79 Å². The summed E-state index contributed by atoms with van der Waals surface area (Å²) in [7, 11) is 0. The Kier molecular flexibility index (Phi) is 1.89.